The molecule has 0 saturated heterocycles. The van der Waals surface area contributed by atoms with Crippen LogP contribution >= 0.6 is 23.1 Å². The van der Waals surface area contributed by atoms with E-state index in [0.717, 1.165) is 22.0 Å². The lowest BCUT2D eigenvalue weighted by molar-refractivity contribution is 0.627. The lowest BCUT2D eigenvalue weighted by atomic mass is 10.1. The van der Waals surface area contributed by atoms with Crippen molar-refractivity contribution in [1.29, 1.82) is 0 Å². The van der Waals surface area contributed by atoms with Crippen molar-refractivity contribution in [2.75, 3.05) is 6.26 Å². The highest BCUT2D eigenvalue weighted by Crippen LogP contribution is 2.35. The fourth-order valence-corrected chi connectivity index (χ4v) is 3.40. The highest BCUT2D eigenvalue weighted by atomic mass is 32.2. The van der Waals surface area contributed by atoms with Gasteiger partial charge in [-0.05, 0) is 30.7 Å². The van der Waals surface area contributed by atoms with Crippen LogP contribution in [0.25, 0.3) is 10.6 Å². The van der Waals surface area contributed by atoms with Crippen LogP contribution in [0.5, 0.6) is 0 Å². The lowest BCUT2D eigenvalue weighted by Crippen LogP contribution is -1.92. The van der Waals surface area contributed by atoms with Crippen molar-refractivity contribution < 1.29 is 4.39 Å². The molecule has 0 aliphatic heterocycles. The van der Waals surface area contributed by atoms with E-state index < -0.39 is 0 Å². The first-order chi connectivity index (χ1) is 8.67. The maximum Gasteiger partial charge on any atom is 0.134 e. The molecule has 2 rings (SSSR count). The van der Waals surface area contributed by atoms with E-state index in [1.807, 2.05) is 17.7 Å². The van der Waals surface area contributed by atoms with Crippen LogP contribution in [0.4, 0.5) is 4.39 Å². The Bertz CT molecular complexity index is 536. The predicted octanol–water partition coefficient (Wildman–Crippen LogP) is 5.18. The molecule has 2 aromatic rings. The van der Waals surface area contributed by atoms with E-state index in [0.29, 0.717) is 11.5 Å². The quantitative estimate of drug-likeness (QED) is 0.716. The molecule has 1 aromatic heterocycles. The van der Waals surface area contributed by atoms with Crippen LogP contribution in [0.3, 0.4) is 0 Å². The second-order valence-electron chi connectivity index (χ2n) is 4.20. The molecule has 0 bridgehead atoms. The maximum atomic E-state index is 14.0. The molecule has 0 radical (unpaired) electrons. The van der Waals surface area contributed by atoms with Gasteiger partial charge in [0.15, 0.2) is 0 Å². The van der Waals surface area contributed by atoms with Crippen LogP contribution in [0.1, 0.15) is 31.9 Å². The van der Waals surface area contributed by atoms with Crippen molar-refractivity contribution in [2.24, 2.45) is 0 Å². The van der Waals surface area contributed by atoms with Gasteiger partial charge in [-0.2, -0.15) is 0 Å². The zero-order chi connectivity index (χ0) is 13.1. The van der Waals surface area contributed by atoms with Crippen LogP contribution in [-0.2, 0) is 0 Å². The number of aromatic nitrogens is 1. The molecule has 0 saturated carbocycles. The Morgan fingerprint density at radius 3 is 2.89 bits per heavy atom. The van der Waals surface area contributed by atoms with E-state index in [4.69, 9.17) is 0 Å². The molecule has 0 fully saturated rings. The monoisotopic (exact) mass is 281 g/mol. The molecule has 1 unspecified atom stereocenters. The number of benzene rings is 1. The SMILES string of the molecule is CCC(C)c1csc(-c2c(F)cccc2SC)n1. The number of rotatable bonds is 4. The number of hydrogen-bond donors (Lipinski definition) is 0. The summed E-state index contributed by atoms with van der Waals surface area (Å²) < 4.78 is 14.0. The van der Waals surface area contributed by atoms with Crippen LogP contribution in [0, 0.1) is 5.82 Å². The van der Waals surface area contributed by atoms with Crippen molar-refractivity contribution >= 4 is 23.1 Å². The Labute approximate surface area is 115 Å². The van der Waals surface area contributed by atoms with Crippen molar-refractivity contribution in [2.45, 2.75) is 31.1 Å². The van der Waals surface area contributed by atoms with Gasteiger partial charge in [0, 0.05) is 10.3 Å². The largest absolute Gasteiger partial charge is 0.241 e. The van der Waals surface area contributed by atoms with Gasteiger partial charge < -0.3 is 0 Å². The van der Waals surface area contributed by atoms with E-state index >= 15 is 0 Å². The molecular formula is C14H16FNS2. The van der Waals surface area contributed by atoms with E-state index in [2.05, 4.69) is 18.8 Å². The highest BCUT2D eigenvalue weighted by molar-refractivity contribution is 7.98. The van der Waals surface area contributed by atoms with E-state index in [9.17, 15) is 4.39 Å². The fourth-order valence-electron chi connectivity index (χ4n) is 1.72. The second kappa shape index (κ2) is 5.85. The summed E-state index contributed by atoms with van der Waals surface area (Å²) in [7, 11) is 0. The molecule has 1 aromatic carbocycles. The van der Waals surface area contributed by atoms with Crippen LogP contribution in [0.2, 0.25) is 0 Å². The Kier molecular flexibility index (Phi) is 4.40. The van der Waals surface area contributed by atoms with Gasteiger partial charge in [-0.15, -0.1) is 23.1 Å². The summed E-state index contributed by atoms with van der Waals surface area (Å²) in [5, 5.41) is 2.83. The van der Waals surface area contributed by atoms with Crippen molar-refractivity contribution in [3.8, 4) is 10.6 Å². The molecule has 0 amide bonds. The molecule has 18 heavy (non-hydrogen) atoms. The summed E-state index contributed by atoms with van der Waals surface area (Å²) in [6.45, 7) is 4.29. The molecule has 96 valence electrons. The van der Waals surface area contributed by atoms with Crippen molar-refractivity contribution in [1.82, 2.24) is 4.98 Å². The minimum absolute atomic E-state index is 0.188. The van der Waals surface area contributed by atoms with E-state index in [1.54, 1.807) is 17.8 Å². The molecular weight excluding hydrogens is 265 g/mol. The maximum absolute atomic E-state index is 14.0. The average Bonchev–Trinajstić information content (AvgIpc) is 2.86. The number of nitrogens with zero attached hydrogens (tertiary/aromatic N) is 1. The summed E-state index contributed by atoms with van der Waals surface area (Å²) in [6, 6.07) is 5.18. The fraction of sp³-hybridized carbons (Fsp3) is 0.357. The van der Waals surface area contributed by atoms with Gasteiger partial charge in [-0.25, -0.2) is 9.37 Å². The molecule has 0 spiro atoms. The summed E-state index contributed by atoms with van der Waals surface area (Å²) >= 11 is 3.08. The molecule has 1 atom stereocenters. The highest BCUT2D eigenvalue weighted by Gasteiger charge is 2.15. The van der Waals surface area contributed by atoms with Gasteiger partial charge in [0.2, 0.25) is 0 Å². The van der Waals surface area contributed by atoms with E-state index in [1.165, 1.54) is 17.4 Å². The standard InChI is InChI=1S/C14H16FNS2/c1-4-9(2)11-8-18-14(16-11)13-10(15)6-5-7-12(13)17-3/h5-9H,4H2,1-3H3. The third-order valence-electron chi connectivity index (χ3n) is 3.05. The number of halogens is 1. The van der Waals surface area contributed by atoms with Gasteiger partial charge in [0.1, 0.15) is 10.8 Å². The smallest absolute Gasteiger partial charge is 0.134 e. The summed E-state index contributed by atoms with van der Waals surface area (Å²) in [4.78, 5) is 5.53. The normalized spacial score (nSPS) is 12.7. The summed E-state index contributed by atoms with van der Waals surface area (Å²) in [5.41, 5.74) is 1.71. The minimum Gasteiger partial charge on any atom is -0.241 e. The lowest BCUT2D eigenvalue weighted by Gasteiger charge is -2.06. The first-order valence-corrected chi connectivity index (χ1v) is 8.06. The number of thiazole rings is 1. The third-order valence-corrected chi connectivity index (χ3v) is 4.71. The van der Waals surface area contributed by atoms with E-state index in [-0.39, 0.29) is 5.82 Å². The topological polar surface area (TPSA) is 12.9 Å². The minimum atomic E-state index is -0.188. The molecule has 0 aliphatic rings. The van der Waals surface area contributed by atoms with Gasteiger partial charge >= 0.3 is 0 Å². The molecule has 0 aliphatic carbocycles. The van der Waals surface area contributed by atoms with Gasteiger partial charge in [0.05, 0.1) is 11.3 Å². The molecule has 1 nitrogen and oxygen atoms in total. The second-order valence-corrected chi connectivity index (χ2v) is 5.91. The number of hydrogen-bond acceptors (Lipinski definition) is 3. The zero-order valence-electron chi connectivity index (χ0n) is 10.7. The Morgan fingerprint density at radius 2 is 2.22 bits per heavy atom. The molecule has 4 heteroatoms. The predicted molar refractivity (Wildman–Crippen MR) is 78.0 cm³/mol. The average molecular weight is 281 g/mol. The zero-order valence-corrected chi connectivity index (χ0v) is 12.4. The summed E-state index contributed by atoms with van der Waals surface area (Å²) in [5.74, 6) is 0.242. The van der Waals surface area contributed by atoms with Gasteiger partial charge in [-0.1, -0.05) is 19.9 Å². The van der Waals surface area contributed by atoms with Crippen molar-refractivity contribution in [3.63, 3.8) is 0 Å². The third kappa shape index (κ3) is 2.59. The van der Waals surface area contributed by atoms with Crippen LogP contribution < -0.4 is 0 Å². The van der Waals surface area contributed by atoms with Crippen LogP contribution in [0.15, 0.2) is 28.5 Å². The Balaban J connectivity index is 2.46. The summed E-state index contributed by atoms with van der Waals surface area (Å²) in [6.07, 6.45) is 3.01. The van der Waals surface area contributed by atoms with Crippen LogP contribution in [-0.4, -0.2) is 11.2 Å². The molecule has 1 heterocycles. The van der Waals surface area contributed by atoms with Gasteiger partial charge in [0.25, 0.3) is 0 Å². The van der Waals surface area contributed by atoms with Crippen molar-refractivity contribution in [3.05, 3.63) is 35.1 Å². The number of thioether (sulfide) groups is 1. The molecule has 0 N–H and O–H groups in total. The Hall–Kier alpha value is -0.870. The Morgan fingerprint density at radius 1 is 1.44 bits per heavy atom. The first kappa shape index (κ1) is 13.6. The first-order valence-electron chi connectivity index (χ1n) is 5.95. The van der Waals surface area contributed by atoms with Gasteiger partial charge in [-0.3, -0.25) is 0 Å².